The van der Waals surface area contributed by atoms with Crippen molar-refractivity contribution in [2.75, 3.05) is 18.0 Å². The molecule has 0 amide bonds. The highest BCUT2D eigenvalue weighted by atomic mass is 16.3. The van der Waals surface area contributed by atoms with Gasteiger partial charge in [0.15, 0.2) is 0 Å². The van der Waals surface area contributed by atoms with Crippen molar-refractivity contribution >= 4 is 5.82 Å². The summed E-state index contributed by atoms with van der Waals surface area (Å²) in [5, 5.41) is 9.96. The van der Waals surface area contributed by atoms with Crippen molar-refractivity contribution in [2.24, 2.45) is 11.8 Å². The fourth-order valence-corrected chi connectivity index (χ4v) is 3.38. The Hall–Kier alpha value is -1.16. The molecular formula is C14H21N3O. The van der Waals surface area contributed by atoms with E-state index in [1.54, 1.807) is 0 Å². The van der Waals surface area contributed by atoms with Gasteiger partial charge < -0.3 is 10.0 Å². The zero-order valence-corrected chi connectivity index (χ0v) is 11.1. The lowest BCUT2D eigenvalue weighted by Crippen LogP contribution is -2.25. The van der Waals surface area contributed by atoms with E-state index >= 15 is 0 Å². The molecule has 1 saturated carbocycles. The fourth-order valence-electron chi connectivity index (χ4n) is 3.38. The van der Waals surface area contributed by atoms with Crippen LogP contribution in [0, 0.1) is 18.8 Å². The molecule has 0 bridgehead atoms. The largest absolute Gasteiger partial charge is 0.393 e. The summed E-state index contributed by atoms with van der Waals surface area (Å²) in [6.07, 6.45) is 2.98. The van der Waals surface area contributed by atoms with Crippen LogP contribution in [-0.2, 0) is 6.42 Å². The van der Waals surface area contributed by atoms with E-state index in [-0.39, 0.29) is 6.10 Å². The lowest BCUT2D eigenvalue weighted by atomic mass is 10.00. The summed E-state index contributed by atoms with van der Waals surface area (Å²) in [6.45, 7) is 6.06. The highest BCUT2D eigenvalue weighted by Gasteiger charge is 2.42. The molecule has 0 aromatic carbocycles. The Morgan fingerprint density at radius 2 is 2.17 bits per heavy atom. The van der Waals surface area contributed by atoms with E-state index in [1.807, 2.05) is 6.92 Å². The van der Waals surface area contributed by atoms with Crippen molar-refractivity contribution in [3.8, 4) is 0 Å². The van der Waals surface area contributed by atoms with Gasteiger partial charge >= 0.3 is 0 Å². The van der Waals surface area contributed by atoms with Gasteiger partial charge in [-0.15, -0.1) is 0 Å². The molecule has 4 nitrogen and oxygen atoms in total. The number of hydrogen-bond acceptors (Lipinski definition) is 4. The summed E-state index contributed by atoms with van der Waals surface area (Å²) in [5.41, 5.74) is 1.11. The number of aliphatic hydroxyl groups excluding tert-OH is 1. The molecule has 1 aromatic heterocycles. The van der Waals surface area contributed by atoms with Gasteiger partial charge in [0.1, 0.15) is 11.6 Å². The minimum atomic E-state index is -0.103. The molecule has 98 valence electrons. The Balaban J connectivity index is 1.82. The third-order valence-electron chi connectivity index (χ3n) is 4.38. The van der Waals surface area contributed by atoms with Crippen LogP contribution < -0.4 is 4.90 Å². The first-order chi connectivity index (χ1) is 8.67. The van der Waals surface area contributed by atoms with E-state index in [0.29, 0.717) is 11.8 Å². The number of aryl methyl sites for hydroxylation is 2. The number of fused-ring (bicyclic) bond motifs is 1. The zero-order chi connectivity index (χ0) is 12.7. The molecule has 1 aliphatic carbocycles. The average molecular weight is 247 g/mol. The van der Waals surface area contributed by atoms with Gasteiger partial charge in [0.2, 0.25) is 0 Å². The summed E-state index contributed by atoms with van der Waals surface area (Å²) in [7, 11) is 0. The predicted molar refractivity (Wildman–Crippen MR) is 70.6 cm³/mol. The molecule has 18 heavy (non-hydrogen) atoms. The number of rotatable bonds is 2. The third-order valence-corrected chi connectivity index (χ3v) is 4.38. The fraction of sp³-hybridized carbons (Fsp3) is 0.714. The molecule has 1 saturated heterocycles. The Kier molecular flexibility index (Phi) is 2.98. The summed E-state index contributed by atoms with van der Waals surface area (Å²) < 4.78 is 0. The van der Waals surface area contributed by atoms with Gasteiger partial charge in [0.25, 0.3) is 0 Å². The summed E-state index contributed by atoms with van der Waals surface area (Å²) >= 11 is 0. The van der Waals surface area contributed by atoms with Crippen molar-refractivity contribution in [3.63, 3.8) is 0 Å². The van der Waals surface area contributed by atoms with E-state index in [9.17, 15) is 5.11 Å². The molecule has 3 unspecified atom stereocenters. The second kappa shape index (κ2) is 4.50. The minimum Gasteiger partial charge on any atom is -0.393 e. The van der Waals surface area contributed by atoms with Crippen LogP contribution in [0.3, 0.4) is 0 Å². The standard InChI is InChI=1S/C14H21N3O/c1-3-11-6-14(16-9(2)15-11)17-7-10-4-5-13(18)12(10)8-17/h6,10,12-13,18H,3-5,7-8H2,1-2H3. The highest BCUT2D eigenvalue weighted by Crippen LogP contribution is 2.39. The SMILES string of the molecule is CCc1cc(N2CC3CCC(O)C3C2)nc(C)n1. The quantitative estimate of drug-likeness (QED) is 0.861. The van der Waals surface area contributed by atoms with Gasteiger partial charge in [-0.05, 0) is 32.1 Å². The molecule has 1 N–H and O–H groups in total. The first-order valence-corrected chi connectivity index (χ1v) is 6.95. The Bertz CT molecular complexity index is 449. The van der Waals surface area contributed by atoms with Gasteiger partial charge in [-0.3, -0.25) is 0 Å². The molecule has 3 rings (SSSR count). The summed E-state index contributed by atoms with van der Waals surface area (Å²) in [5.74, 6) is 2.99. The van der Waals surface area contributed by atoms with E-state index in [2.05, 4.69) is 27.9 Å². The van der Waals surface area contributed by atoms with Crippen LogP contribution in [-0.4, -0.2) is 34.3 Å². The van der Waals surface area contributed by atoms with E-state index in [4.69, 9.17) is 0 Å². The Morgan fingerprint density at radius 3 is 2.89 bits per heavy atom. The van der Waals surface area contributed by atoms with Crippen molar-refractivity contribution in [1.29, 1.82) is 0 Å². The lowest BCUT2D eigenvalue weighted by molar-refractivity contribution is 0.133. The predicted octanol–water partition coefficient (Wildman–Crippen LogP) is 1.55. The number of aromatic nitrogens is 2. The van der Waals surface area contributed by atoms with Crippen LogP contribution in [0.15, 0.2) is 6.07 Å². The van der Waals surface area contributed by atoms with Crippen molar-refractivity contribution in [3.05, 3.63) is 17.6 Å². The Morgan fingerprint density at radius 1 is 1.33 bits per heavy atom. The van der Waals surface area contributed by atoms with Crippen LogP contribution in [0.5, 0.6) is 0 Å². The molecule has 1 aromatic rings. The lowest BCUT2D eigenvalue weighted by Gasteiger charge is -2.20. The van der Waals surface area contributed by atoms with Crippen LogP contribution in [0.4, 0.5) is 5.82 Å². The number of hydrogen-bond donors (Lipinski definition) is 1. The van der Waals surface area contributed by atoms with Crippen molar-refractivity contribution < 1.29 is 5.11 Å². The molecule has 2 heterocycles. The maximum absolute atomic E-state index is 9.96. The zero-order valence-electron chi connectivity index (χ0n) is 11.1. The van der Waals surface area contributed by atoms with Gasteiger partial charge in [0, 0.05) is 30.8 Å². The highest BCUT2D eigenvalue weighted by molar-refractivity contribution is 5.42. The third kappa shape index (κ3) is 1.99. The van der Waals surface area contributed by atoms with Gasteiger partial charge in [-0.1, -0.05) is 6.92 Å². The van der Waals surface area contributed by atoms with Crippen molar-refractivity contribution in [1.82, 2.24) is 9.97 Å². The smallest absolute Gasteiger partial charge is 0.132 e. The van der Waals surface area contributed by atoms with Gasteiger partial charge in [-0.2, -0.15) is 0 Å². The van der Waals surface area contributed by atoms with Gasteiger partial charge in [-0.25, -0.2) is 9.97 Å². The number of aliphatic hydroxyl groups is 1. The van der Waals surface area contributed by atoms with Crippen LogP contribution in [0.1, 0.15) is 31.3 Å². The first kappa shape index (κ1) is 11.9. The first-order valence-electron chi connectivity index (χ1n) is 6.95. The molecule has 2 fully saturated rings. The van der Waals surface area contributed by atoms with E-state index in [1.165, 1.54) is 0 Å². The van der Waals surface area contributed by atoms with E-state index in [0.717, 1.165) is 49.7 Å². The van der Waals surface area contributed by atoms with Gasteiger partial charge in [0.05, 0.1) is 6.10 Å². The molecular weight excluding hydrogens is 226 g/mol. The Labute approximate surface area is 108 Å². The minimum absolute atomic E-state index is 0.103. The second-order valence-corrected chi connectivity index (χ2v) is 5.59. The molecule has 0 spiro atoms. The van der Waals surface area contributed by atoms with Crippen LogP contribution in [0.25, 0.3) is 0 Å². The normalized spacial score (nSPS) is 30.8. The molecule has 2 aliphatic rings. The topological polar surface area (TPSA) is 49.2 Å². The monoisotopic (exact) mass is 247 g/mol. The summed E-state index contributed by atoms with van der Waals surface area (Å²) in [6, 6.07) is 2.10. The van der Waals surface area contributed by atoms with Crippen LogP contribution in [0.2, 0.25) is 0 Å². The number of anilines is 1. The average Bonchev–Trinajstić information content (AvgIpc) is 2.91. The number of nitrogens with zero attached hydrogens (tertiary/aromatic N) is 3. The molecule has 1 aliphatic heterocycles. The van der Waals surface area contributed by atoms with Crippen molar-refractivity contribution in [2.45, 2.75) is 39.2 Å². The maximum atomic E-state index is 9.96. The van der Waals surface area contributed by atoms with E-state index < -0.39 is 0 Å². The van der Waals surface area contributed by atoms with Crippen LogP contribution >= 0.6 is 0 Å². The summed E-state index contributed by atoms with van der Waals surface area (Å²) in [4.78, 5) is 11.3. The molecule has 4 heteroatoms. The maximum Gasteiger partial charge on any atom is 0.132 e. The second-order valence-electron chi connectivity index (χ2n) is 5.59. The molecule has 3 atom stereocenters. The molecule has 0 radical (unpaired) electrons.